The van der Waals surface area contributed by atoms with E-state index < -0.39 is 41.2 Å². The minimum Gasteiger partial charge on any atom is -0.480 e. The van der Waals surface area contributed by atoms with Crippen LogP contribution in [0.3, 0.4) is 0 Å². The fourth-order valence-corrected chi connectivity index (χ4v) is 3.13. The molecule has 0 saturated heterocycles. The van der Waals surface area contributed by atoms with Gasteiger partial charge in [0.2, 0.25) is 0 Å². The number of carbonyl (C=O) groups is 3. The maximum atomic E-state index is 12.3. The van der Waals surface area contributed by atoms with Crippen molar-refractivity contribution in [2.75, 3.05) is 11.9 Å². The van der Waals surface area contributed by atoms with Crippen molar-refractivity contribution in [3.63, 3.8) is 0 Å². The molecule has 2 aromatic carbocycles. The highest BCUT2D eigenvalue weighted by molar-refractivity contribution is 7.87. The number of rotatable bonds is 10. The third-order valence-corrected chi connectivity index (χ3v) is 4.84. The van der Waals surface area contributed by atoms with Crippen molar-refractivity contribution in [2.24, 2.45) is 5.73 Å². The van der Waals surface area contributed by atoms with Gasteiger partial charge in [0, 0.05) is 12.2 Å². The fourth-order valence-electron chi connectivity index (χ4n) is 2.36. The van der Waals surface area contributed by atoms with E-state index in [9.17, 15) is 27.9 Å². The average Bonchev–Trinajstić information content (AvgIpc) is 2.71. The minimum atomic E-state index is -4.18. The molecule has 8 N–H and O–H groups in total. The summed E-state index contributed by atoms with van der Waals surface area (Å²) in [6.07, 6.45) is 0. The number of aromatic carboxylic acids is 1. The number of carbonyl (C=O) groups excluding carboxylic acids is 1. The second-order valence-electron chi connectivity index (χ2n) is 6.17. The van der Waals surface area contributed by atoms with Gasteiger partial charge in [0.25, 0.3) is 10.2 Å². The minimum absolute atomic E-state index is 0.0534. The number of hydrogen-bond acceptors (Lipinski definition) is 7. The van der Waals surface area contributed by atoms with Crippen LogP contribution in [0, 0.1) is 5.41 Å². The maximum Gasteiger partial charge on any atom is 0.343 e. The Morgan fingerprint density at radius 3 is 2.25 bits per heavy atom. The molecule has 0 aliphatic heterocycles. The molecule has 0 amide bonds. The van der Waals surface area contributed by atoms with Crippen LogP contribution in [0.5, 0.6) is 5.75 Å². The van der Waals surface area contributed by atoms with E-state index in [0.717, 1.165) is 6.07 Å². The van der Waals surface area contributed by atoms with Gasteiger partial charge in [-0.2, -0.15) is 17.9 Å². The number of anilines is 1. The van der Waals surface area contributed by atoms with Crippen LogP contribution in [0.4, 0.5) is 5.69 Å². The van der Waals surface area contributed by atoms with Crippen LogP contribution in [0.15, 0.2) is 42.5 Å². The molecular formula is C18H19N5O8S. The van der Waals surface area contributed by atoms with Crippen molar-refractivity contribution in [3.8, 4) is 5.75 Å². The summed E-state index contributed by atoms with van der Waals surface area (Å²) in [6, 6.07) is 9.41. The topological polar surface area (TPSA) is 221 Å². The molecule has 14 heteroatoms. The van der Waals surface area contributed by atoms with Crippen molar-refractivity contribution in [3.05, 3.63) is 59.2 Å². The summed E-state index contributed by atoms with van der Waals surface area (Å²) in [5.41, 5.74) is 5.58. The largest absolute Gasteiger partial charge is 0.480 e. The Kier molecular flexibility index (Phi) is 7.84. The highest BCUT2D eigenvalue weighted by Gasteiger charge is 2.17. The van der Waals surface area contributed by atoms with E-state index >= 15 is 0 Å². The lowest BCUT2D eigenvalue weighted by molar-refractivity contribution is -0.135. The molecule has 32 heavy (non-hydrogen) atoms. The summed E-state index contributed by atoms with van der Waals surface area (Å²) in [5.74, 6) is -3.93. The van der Waals surface area contributed by atoms with Gasteiger partial charge in [-0.05, 0) is 42.0 Å². The zero-order valence-corrected chi connectivity index (χ0v) is 17.1. The Balaban J connectivity index is 2.11. The van der Waals surface area contributed by atoms with E-state index in [1.807, 2.05) is 4.72 Å². The standard InChI is InChI=1S/C18H19N5O8S/c19-18(20)23-12-4-1-10(2-5-12)17(28)31-13-6-3-11(14(7-13)16(26)27)8-21-32(29,30)22-9-15(24)25/h1-7,21-22H,8-9H2,(H,24,25)(H,26,27)(H4,19,20,23). The predicted molar refractivity (Wildman–Crippen MR) is 112 cm³/mol. The van der Waals surface area contributed by atoms with Gasteiger partial charge in [0.05, 0.1) is 11.1 Å². The summed E-state index contributed by atoms with van der Waals surface area (Å²) in [4.78, 5) is 34.3. The molecule has 0 saturated carbocycles. The lowest BCUT2D eigenvalue weighted by Crippen LogP contribution is -2.39. The number of nitrogens with two attached hydrogens (primary N) is 1. The van der Waals surface area contributed by atoms with Crippen LogP contribution < -0.4 is 25.2 Å². The zero-order chi connectivity index (χ0) is 23.9. The molecule has 13 nitrogen and oxygen atoms in total. The first-order valence-electron chi connectivity index (χ1n) is 8.72. The smallest absolute Gasteiger partial charge is 0.343 e. The predicted octanol–water partition coefficient (Wildman–Crippen LogP) is -0.0820. The molecule has 0 heterocycles. The lowest BCUT2D eigenvalue weighted by atomic mass is 10.1. The molecule has 2 rings (SSSR count). The van der Waals surface area contributed by atoms with Gasteiger partial charge < -0.3 is 26.0 Å². The highest BCUT2D eigenvalue weighted by Crippen LogP contribution is 2.20. The number of carboxylic acids is 2. The van der Waals surface area contributed by atoms with Crippen LogP contribution in [0.1, 0.15) is 26.3 Å². The summed E-state index contributed by atoms with van der Waals surface area (Å²) in [7, 11) is -4.18. The first kappa shape index (κ1) is 24.3. The van der Waals surface area contributed by atoms with Crippen LogP contribution >= 0.6 is 0 Å². The summed E-state index contributed by atoms with van der Waals surface area (Å²) >= 11 is 0. The Morgan fingerprint density at radius 2 is 1.69 bits per heavy atom. The van der Waals surface area contributed by atoms with Gasteiger partial charge >= 0.3 is 17.9 Å². The number of esters is 1. The van der Waals surface area contributed by atoms with Gasteiger partial charge in [-0.3, -0.25) is 10.2 Å². The van der Waals surface area contributed by atoms with E-state index in [0.29, 0.717) is 5.69 Å². The maximum absolute atomic E-state index is 12.3. The molecule has 170 valence electrons. The number of guanidine groups is 1. The van der Waals surface area contributed by atoms with Crippen molar-refractivity contribution < 1.29 is 37.8 Å². The first-order valence-corrected chi connectivity index (χ1v) is 10.2. The molecule has 2 aromatic rings. The van der Waals surface area contributed by atoms with Crippen LogP contribution in [-0.4, -0.2) is 49.0 Å². The molecular weight excluding hydrogens is 446 g/mol. The Morgan fingerprint density at radius 1 is 1.03 bits per heavy atom. The molecule has 0 aliphatic carbocycles. The van der Waals surface area contributed by atoms with Crippen molar-refractivity contribution in [1.82, 2.24) is 9.44 Å². The van der Waals surface area contributed by atoms with Crippen molar-refractivity contribution in [2.45, 2.75) is 6.54 Å². The second-order valence-corrected chi connectivity index (χ2v) is 7.75. The third-order valence-electron chi connectivity index (χ3n) is 3.79. The van der Waals surface area contributed by atoms with E-state index in [4.69, 9.17) is 21.0 Å². The van der Waals surface area contributed by atoms with Crippen LogP contribution in [0.25, 0.3) is 0 Å². The van der Waals surface area contributed by atoms with Crippen molar-refractivity contribution >= 4 is 39.8 Å². The zero-order valence-electron chi connectivity index (χ0n) is 16.3. The van der Waals surface area contributed by atoms with Crippen LogP contribution in [0.2, 0.25) is 0 Å². The summed E-state index contributed by atoms with van der Waals surface area (Å²) in [5, 5.41) is 27.6. The lowest BCUT2D eigenvalue weighted by Gasteiger charge is -2.11. The van der Waals surface area contributed by atoms with Gasteiger partial charge in [0.15, 0.2) is 5.96 Å². The molecule has 0 unspecified atom stereocenters. The molecule has 0 aromatic heterocycles. The fraction of sp³-hybridized carbons (Fsp3) is 0.111. The quantitative estimate of drug-likeness (QED) is 0.107. The molecule has 0 bridgehead atoms. The number of nitrogens with one attached hydrogen (secondary N) is 4. The van der Waals surface area contributed by atoms with E-state index in [1.54, 1.807) is 4.72 Å². The Bertz CT molecular complexity index is 1150. The number of aliphatic carboxylic acids is 1. The molecule has 0 radical (unpaired) electrons. The molecule has 0 aliphatic rings. The average molecular weight is 465 g/mol. The summed E-state index contributed by atoms with van der Waals surface area (Å²) < 4.78 is 32.4. The van der Waals surface area contributed by atoms with Crippen LogP contribution in [-0.2, 0) is 21.5 Å². The van der Waals surface area contributed by atoms with Gasteiger partial charge in [-0.1, -0.05) is 6.07 Å². The van der Waals surface area contributed by atoms with Gasteiger partial charge in [-0.15, -0.1) is 0 Å². The molecule has 0 fully saturated rings. The number of ether oxygens (including phenoxy) is 1. The normalized spacial score (nSPS) is 10.9. The monoisotopic (exact) mass is 465 g/mol. The molecule has 0 spiro atoms. The Hall–Kier alpha value is -4.01. The number of hydrogen-bond donors (Lipinski definition) is 7. The van der Waals surface area contributed by atoms with E-state index in [2.05, 4.69) is 5.32 Å². The molecule has 0 atom stereocenters. The van der Waals surface area contributed by atoms with Gasteiger partial charge in [0.1, 0.15) is 12.3 Å². The van der Waals surface area contributed by atoms with E-state index in [-0.39, 0.29) is 28.4 Å². The highest BCUT2D eigenvalue weighted by atomic mass is 32.2. The third kappa shape index (κ3) is 7.35. The second kappa shape index (κ2) is 10.3. The van der Waals surface area contributed by atoms with E-state index in [1.165, 1.54) is 36.4 Å². The van der Waals surface area contributed by atoms with Crippen molar-refractivity contribution in [1.29, 1.82) is 5.41 Å². The Labute approximate surface area is 181 Å². The van der Waals surface area contributed by atoms with Gasteiger partial charge in [-0.25, -0.2) is 9.59 Å². The summed E-state index contributed by atoms with van der Waals surface area (Å²) in [6.45, 7) is -1.29. The number of benzene rings is 2. The first-order chi connectivity index (χ1) is 15.0. The number of carboxylic acid groups (broad SMARTS) is 2. The SMILES string of the molecule is N=C(N)Nc1ccc(C(=O)Oc2ccc(CNS(=O)(=O)NCC(=O)O)c(C(=O)O)c2)cc1.